The molecule has 0 saturated carbocycles. The van der Waals surface area contributed by atoms with Crippen LogP contribution in [0.5, 0.6) is 0 Å². The van der Waals surface area contributed by atoms with Crippen LogP contribution in [0.1, 0.15) is 11.3 Å². The maximum Gasteiger partial charge on any atom is 0.178 e. The van der Waals surface area contributed by atoms with Gasteiger partial charge in [-0.3, -0.25) is 0 Å². The Kier molecular flexibility index (Phi) is 4.14. The molecule has 1 N–H and O–H groups in total. The molecule has 0 amide bonds. The number of halogens is 2. The molecule has 0 spiro atoms. The summed E-state index contributed by atoms with van der Waals surface area (Å²) in [7, 11) is 0. The minimum atomic E-state index is 0.766. The lowest BCUT2D eigenvalue weighted by Crippen LogP contribution is -1.83. The molecule has 0 saturated heterocycles. The number of benzene rings is 1. The highest BCUT2D eigenvalue weighted by molar-refractivity contribution is 9.10. The fourth-order valence-corrected chi connectivity index (χ4v) is 3.41. The molecule has 0 unspecified atom stereocenters. The molecule has 0 fully saturated rings. The first-order chi connectivity index (χ1) is 9.61. The van der Waals surface area contributed by atoms with Gasteiger partial charge in [-0.2, -0.15) is 0 Å². The Morgan fingerprint density at radius 3 is 2.85 bits per heavy atom. The smallest absolute Gasteiger partial charge is 0.178 e. The van der Waals surface area contributed by atoms with E-state index in [1.165, 1.54) is 5.56 Å². The van der Waals surface area contributed by atoms with Gasteiger partial charge in [-0.15, -0.1) is 0 Å². The monoisotopic (exact) mass is 411 g/mol. The average molecular weight is 413 g/mol. The van der Waals surface area contributed by atoms with Crippen molar-refractivity contribution in [1.29, 1.82) is 0 Å². The molecule has 102 valence electrons. The van der Waals surface area contributed by atoms with Crippen molar-refractivity contribution in [3.63, 3.8) is 0 Å². The molecule has 1 aromatic carbocycles. The van der Waals surface area contributed by atoms with E-state index in [0.29, 0.717) is 0 Å². The first-order valence-electron chi connectivity index (χ1n) is 6.02. The second-order valence-electron chi connectivity index (χ2n) is 4.39. The standard InChI is InChI=1S/C14H11Br2N3S/c1-8-11(16)6-12-13(17-8)19-14(18-12)20-7-9-3-2-4-10(15)5-9/h2-6H,7H2,1H3,(H,17,18,19). The Bertz CT molecular complexity index is 731. The van der Waals surface area contributed by atoms with E-state index in [1.54, 1.807) is 11.8 Å². The van der Waals surface area contributed by atoms with Crippen molar-refractivity contribution in [2.75, 3.05) is 0 Å². The summed E-state index contributed by atoms with van der Waals surface area (Å²) < 4.78 is 2.10. The molecular formula is C14H11Br2N3S. The molecule has 3 nitrogen and oxygen atoms in total. The summed E-state index contributed by atoms with van der Waals surface area (Å²) in [6, 6.07) is 10.3. The van der Waals surface area contributed by atoms with Crippen LogP contribution >= 0.6 is 43.6 Å². The number of aryl methyl sites for hydroxylation is 1. The molecule has 2 heterocycles. The van der Waals surface area contributed by atoms with Gasteiger partial charge in [-0.25, -0.2) is 9.97 Å². The number of nitrogens with zero attached hydrogens (tertiary/aromatic N) is 2. The Labute approximate surface area is 137 Å². The number of hydrogen-bond donors (Lipinski definition) is 1. The minimum absolute atomic E-state index is 0.766. The Morgan fingerprint density at radius 1 is 1.20 bits per heavy atom. The van der Waals surface area contributed by atoms with Crippen molar-refractivity contribution in [3.8, 4) is 0 Å². The SMILES string of the molecule is Cc1nc2nc(SCc3cccc(Br)c3)[nH]c2cc1Br. The Morgan fingerprint density at radius 2 is 2.05 bits per heavy atom. The number of aromatic nitrogens is 3. The summed E-state index contributed by atoms with van der Waals surface area (Å²) in [6.45, 7) is 1.96. The van der Waals surface area contributed by atoms with E-state index in [1.807, 2.05) is 25.1 Å². The molecule has 0 bridgehead atoms. The number of pyridine rings is 1. The number of nitrogens with one attached hydrogen (secondary N) is 1. The van der Waals surface area contributed by atoms with Crippen LogP contribution in [0.3, 0.4) is 0 Å². The highest BCUT2D eigenvalue weighted by Gasteiger charge is 2.07. The molecule has 20 heavy (non-hydrogen) atoms. The van der Waals surface area contributed by atoms with Gasteiger partial charge in [0.2, 0.25) is 0 Å². The van der Waals surface area contributed by atoms with Crippen LogP contribution < -0.4 is 0 Å². The van der Waals surface area contributed by atoms with Crippen molar-refractivity contribution < 1.29 is 0 Å². The fraction of sp³-hybridized carbons (Fsp3) is 0.143. The third kappa shape index (κ3) is 3.07. The molecule has 3 rings (SSSR count). The third-order valence-electron chi connectivity index (χ3n) is 2.84. The average Bonchev–Trinajstić information content (AvgIpc) is 2.79. The molecule has 0 aliphatic carbocycles. The highest BCUT2D eigenvalue weighted by Crippen LogP contribution is 2.25. The largest absolute Gasteiger partial charge is 0.331 e. The van der Waals surface area contributed by atoms with Gasteiger partial charge >= 0.3 is 0 Å². The lowest BCUT2D eigenvalue weighted by atomic mass is 10.2. The number of H-pyrrole nitrogens is 1. The van der Waals surface area contributed by atoms with Gasteiger partial charge < -0.3 is 4.98 Å². The van der Waals surface area contributed by atoms with Crippen molar-refractivity contribution >= 4 is 54.8 Å². The Hall–Kier alpha value is -0.850. The van der Waals surface area contributed by atoms with E-state index >= 15 is 0 Å². The molecule has 2 aromatic heterocycles. The summed E-state index contributed by atoms with van der Waals surface area (Å²) in [4.78, 5) is 12.3. The maximum absolute atomic E-state index is 4.52. The van der Waals surface area contributed by atoms with E-state index < -0.39 is 0 Å². The van der Waals surface area contributed by atoms with Crippen molar-refractivity contribution in [1.82, 2.24) is 15.0 Å². The quantitative estimate of drug-likeness (QED) is 0.609. The van der Waals surface area contributed by atoms with Crippen LogP contribution in [0.4, 0.5) is 0 Å². The van der Waals surface area contributed by atoms with Crippen molar-refractivity contribution in [3.05, 3.63) is 50.5 Å². The molecule has 3 aromatic rings. The van der Waals surface area contributed by atoms with Crippen LogP contribution in [0.15, 0.2) is 44.4 Å². The van der Waals surface area contributed by atoms with E-state index in [2.05, 4.69) is 58.9 Å². The van der Waals surface area contributed by atoms with Gasteiger partial charge in [0.15, 0.2) is 10.8 Å². The lowest BCUT2D eigenvalue weighted by molar-refractivity contribution is 1.07. The van der Waals surface area contributed by atoms with Crippen LogP contribution in [-0.2, 0) is 5.75 Å². The van der Waals surface area contributed by atoms with E-state index in [0.717, 1.165) is 36.7 Å². The minimum Gasteiger partial charge on any atom is -0.331 e. The summed E-state index contributed by atoms with van der Waals surface area (Å²) in [6.07, 6.45) is 0. The summed E-state index contributed by atoms with van der Waals surface area (Å²) in [5, 5.41) is 0.893. The number of fused-ring (bicyclic) bond motifs is 1. The van der Waals surface area contributed by atoms with Crippen molar-refractivity contribution in [2.45, 2.75) is 17.8 Å². The van der Waals surface area contributed by atoms with E-state index in [4.69, 9.17) is 0 Å². The summed E-state index contributed by atoms with van der Waals surface area (Å²) in [5.41, 5.74) is 3.93. The Balaban J connectivity index is 1.81. The zero-order chi connectivity index (χ0) is 14.1. The van der Waals surface area contributed by atoms with Crippen LogP contribution in [0, 0.1) is 6.92 Å². The predicted octanol–water partition coefficient (Wildman–Crippen LogP) is 5.08. The lowest BCUT2D eigenvalue weighted by Gasteiger charge is -1.99. The summed E-state index contributed by atoms with van der Waals surface area (Å²) in [5.74, 6) is 0.874. The van der Waals surface area contributed by atoms with E-state index in [-0.39, 0.29) is 0 Å². The maximum atomic E-state index is 4.52. The highest BCUT2D eigenvalue weighted by atomic mass is 79.9. The predicted molar refractivity (Wildman–Crippen MR) is 90.0 cm³/mol. The molecule has 0 aliphatic rings. The number of aromatic amines is 1. The number of thioether (sulfide) groups is 1. The van der Waals surface area contributed by atoms with Crippen LogP contribution in [-0.4, -0.2) is 15.0 Å². The zero-order valence-electron chi connectivity index (χ0n) is 10.7. The van der Waals surface area contributed by atoms with Gasteiger partial charge in [0.1, 0.15) is 0 Å². The number of hydrogen-bond acceptors (Lipinski definition) is 3. The second kappa shape index (κ2) is 5.87. The van der Waals surface area contributed by atoms with Gasteiger partial charge in [0, 0.05) is 14.7 Å². The third-order valence-corrected chi connectivity index (χ3v) is 5.09. The van der Waals surface area contributed by atoms with Crippen molar-refractivity contribution in [2.24, 2.45) is 0 Å². The first kappa shape index (κ1) is 14.1. The van der Waals surface area contributed by atoms with Gasteiger partial charge in [-0.05, 0) is 46.6 Å². The van der Waals surface area contributed by atoms with Gasteiger partial charge in [-0.1, -0.05) is 39.8 Å². The number of rotatable bonds is 3. The molecular weight excluding hydrogens is 402 g/mol. The molecule has 6 heteroatoms. The number of imidazole rings is 1. The van der Waals surface area contributed by atoms with Gasteiger partial charge in [0.25, 0.3) is 0 Å². The summed E-state index contributed by atoms with van der Waals surface area (Å²) >= 11 is 8.65. The first-order valence-corrected chi connectivity index (χ1v) is 8.59. The molecule has 0 aliphatic heterocycles. The van der Waals surface area contributed by atoms with Crippen LogP contribution in [0.2, 0.25) is 0 Å². The van der Waals surface area contributed by atoms with Crippen LogP contribution in [0.25, 0.3) is 11.2 Å². The van der Waals surface area contributed by atoms with Gasteiger partial charge in [0.05, 0.1) is 11.2 Å². The fourth-order valence-electron chi connectivity index (χ4n) is 1.83. The second-order valence-corrected chi connectivity index (χ2v) is 7.12. The van der Waals surface area contributed by atoms with E-state index in [9.17, 15) is 0 Å². The molecule has 0 atom stereocenters. The topological polar surface area (TPSA) is 41.6 Å². The zero-order valence-corrected chi connectivity index (χ0v) is 14.6. The normalized spacial score (nSPS) is 11.2. The molecule has 0 radical (unpaired) electrons.